The maximum absolute atomic E-state index is 12.4. The zero-order chi connectivity index (χ0) is 18.0. The molecule has 8 heteroatoms. The van der Waals surface area contributed by atoms with E-state index in [4.69, 9.17) is 0 Å². The van der Waals surface area contributed by atoms with Crippen LogP contribution in [0, 0.1) is 0 Å². The van der Waals surface area contributed by atoms with E-state index in [1.807, 2.05) is 24.3 Å². The van der Waals surface area contributed by atoms with Crippen LogP contribution in [0.4, 0.5) is 10.5 Å². The molecule has 0 unspecified atom stereocenters. The Kier molecular flexibility index (Phi) is 4.78. The third-order valence-corrected chi connectivity index (χ3v) is 4.66. The molecular formula is C17H23N5O3. The number of likely N-dealkylation sites (tertiary alicyclic amines) is 1. The summed E-state index contributed by atoms with van der Waals surface area (Å²) in [6.07, 6.45) is 1.14. The Balaban J connectivity index is 1.58. The average molecular weight is 345 g/mol. The van der Waals surface area contributed by atoms with Gasteiger partial charge in [0.1, 0.15) is 0 Å². The second-order valence-electron chi connectivity index (χ2n) is 6.66. The van der Waals surface area contributed by atoms with Gasteiger partial charge in [-0.2, -0.15) is 0 Å². The fourth-order valence-electron chi connectivity index (χ4n) is 3.13. The number of aromatic amines is 2. The van der Waals surface area contributed by atoms with Crippen molar-refractivity contribution in [3.8, 4) is 0 Å². The summed E-state index contributed by atoms with van der Waals surface area (Å²) in [5, 5.41) is 7.48. The number of piperidine rings is 1. The van der Waals surface area contributed by atoms with Crippen molar-refractivity contribution in [1.82, 2.24) is 19.7 Å². The fourth-order valence-corrected chi connectivity index (χ4v) is 3.13. The van der Waals surface area contributed by atoms with E-state index in [1.54, 1.807) is 4.90 Å². The van der Waals surface area contributed by atoms with Gasteiger partial charge >= 0.3 is 17.4 Å². The van der Waals surface area contributed by atoms with Gasteiger partial charge in [-0.1, -0.05) is 26.0 Å². The van der Waals surface area contributed by atoms with Gasteiger partial charge in [0.15, 0.2) is 0 Å². The molecule has 1 aliphatic rings. The first-order valence-electron chi connectivity index (χ1n) is 8.51. The minimum absolute atomic E-state index is 0.161. The lowest BCUT2D eigenvalue weighted by Crippen LogP contribution is -2.44. The molecule has 0 radical (unpaired) electrons. The number of carbonyl (C=O) groups excluding carboxylic acids is 1. The first kappa shape index (κ1) is 17.1. The minimum atomic E-state index is -0.432. The Morgan fingerprint density at radius 3 is 2.16 bits per heavy atom. The highest BCUT2D eigenvalue weighted by Crippen LogP contribution is 2.21. The molecule has 1 saturated heterocycles. The fraction of sp³-hybridized carbons (Fsp3) is 0.471. The third-order valence-electron chi connectivity index (χ3n) is 4.66. The van der Waals surface area contributed by atoms with Crippen LogP contribution in [-0.2, 0) is 0 Å². The summed E-state index contributed by atoms with van der Waals surface area (Å²) >= 11 is 0. The van der Waals surface area contributed by atoms with Gasteiger partial charge in [-0.3, -0.25) is 0 Å². The lowest BCUT2D eigenvalue weighted by molar-refractivity contribution is 0.182. The monoisotopic (exact) mass is 345 g/mol. The molecule has 2 heterocycles. The van der Waals surface area contributed by atoms with Crippen LogP contribution in [-0.4, -0.2) is 38.8 Å². The van der Waals surface area contributed by atoms with E-state index in [1.165, 1.54) is 10.1 Å². The van der Waals surface area contributed by atoms with Gasteiger partial charge in [0.2, 0.25) is 0 Å². The second kappa shape index (κ2) is 7.00. The van der Waals surface area contributed by atoms with Gasteiger partial charge in [0, 0.05) is 24.8 Å². The molecule has 0 bridgehead atoms. The summed E-state index contributed by atoms with van der Waals surface area (Å²) in [6, 6.07) is 7.48. The third kappa shape index (κ3) is 3.67. The zero-order valence-electron chi connectivity index (χ0n) is 14.4. The molecule has 3 N–H and O–H groups in total. The van der Waals surface area contributed by atoms with Crippen LogP contribution in [0.2, 0.25) is 0 Å². The van der Waals surface area contributed by atoms with Crippen LogP contribution in [0.5, 0.6) is 0 Å². The largest absolute Gasteiger partial charge is 0.344 e. The van der Waals surface area contributed by atoms with Crippen LogP contribution < -0.4 is 16.7 Å². The summed E-state index contributed by atoms with van der Waals surface area (Å²) < 4.78 is 1.19. The molecule has 2 aromatic rings. The topological polar surface area (TPSA) is 103 Å². The van der Waals surface area contributed by atoms with Gasteiger partial charge in [-0.25, -0.2) is 29.1 Å². The number of anilines is 1. The number of aromatic nitrogens is 3. The summed E-state index contributed by atoms with van der Waals surface area (Å²) in [7, 11) is 0. The maximum Gasteiger partial charge on any atom is 0.344 e. The highest BCUT2D eigenvalue weighted by Gasteiger charge is 2.26. The summed E-state index contributed by atoms with van der Waals surface area (Å²) in [6.45, 7) is 5.24. The van der Waals surface area contributed by atoms with Gasteiger partial charge in [-0.05, 0) is 36.5 Å². The summed E-state index contributed by atoms with van der Waals surface area (Å²) in [5.41, 5.74) is 1.12. The molecule has 0 saturated carbocycles. The van der Waals surface area contributed by atoms with Gasteiger partial charge < -0.3 is 10.2 Å². The lowest BCUT2D eigenvalue weighted by atomic mass is 10.0. The average Bonchev–Trinajstić information content (AvgIpc) is 2.94. The van der Waals surface area contributed by atoms with Crippen molar-refractivity contribution in [2.24, 2.45) is 0 Å². The van der Waals surface area contributed by atoms with Crippen LogP contribution in [0.1, 0.15) is 44.2 Å². The number of nitrogens with one attached hydrogen (secondary N) is 3. The highest BCUT2D eigenvalue weighted by atomic mass is 16.2. The van der Waals surface area contributed by atoms with Crippen molar-refractivity contribution in [1.29, 1.82) is 0 Å². The van der Waals surface area contributed by atoms with E-state index in [0.717, 1.165) is 5.69 Å². The molecular weight excluding hydrogens is 322 g/mol. The van der Waals surface area contributed by atoms with Crippen molar-refractivity contribution in [2.45, 2.75) is 38.6 Å². The van der Waals surface area contributed by atoms with Crippen LogP contribution in [0.15, 0.2) is 33.9 Å². The number of nitrogens with zero attached hydrogens (tertiary/aromatic N) is 2. The van der Waals surface area contributed by atoms with Gasteiger partial charge in [-0.15, -0.1) is 0 Å². The van der Waals surface area contributed by atoms with Gasteiger partial charge in [0.05, 0.1) is 0 Å². The maximum atomic E-state index is 12.4. The Bertz CT molecular complexity index is 811. The molecule has 1 aromatic carbocycles. The number of H-pyrrole nitrogens is 2. The Hall–Kier alpha value is -2.77. The van der Waals surface area contributed by atoms with Crippen LogP contribution in [0.3, 0.4) is 0 Å². The molecule has 25 heavy (non-hydrogen) atoms. The first-order chi connectivity index (χ1) is 12.0. The van der Waals surface area contributed by atoms with E-state index >= 15 is 0 Å². The van der Waals surface area contributed by atoms with E-state index in [-0.39, 0.29) is 12.1 Å². The second-order valence-corrected chi connectivity index (χ2v) is 6.66. The molecule has 2 amide bonds. The Labute approximate surface area is 144 Å². The van der Waals surface area contributed by atoms with E-state index in [9.17, 15) is 14.4 Å². The lowest BCUT2D eigenvalue weighted by Gasteiger charge is -2.31. The summed E-state index contributed by atoms with van der Waals surface area (Å²) in [5.74, 6) is 0.448. The van der Waals surface area contributed by atoms with Crippen LogP contribution in [0.25, 0.3) is 0 Å². The number of urea groups is 1. The molecule has 0 aliphatic carbocycles. The van der Waals surface area contributed by atoms with Crippen molar-refractivity contribution in [3.63, 3.8) is 0 Å². The van der Waals surface area contributed by atoms with Crippen LogP contribution >= 0.6 is 0 Å². The predicted octanol–water partition coefficient (Wildman–Crippen LogP) is 1.86. The number of carbonyl (C=O) groups is 1. The number of benzene rings is 1. The minimum Gasteiger partial charge on any atom is -0.324 e. The normalized spacial score (nSPS) is 15.6. The quantitative estimate of drug-likeness (QED) is 0.791. The molecule has 1 aromatic heterocycles. The highest BCUT2D eigenvalue weighted by molar-refractivity contribution is 5.89. The van der Waals surface area contributed by atoms with Crippen molar-refractivity contribution >= 4 is 11.7 Å². The first-order valence-corrected chi connectivity index (χ1v) is 8.51. The van der Waals surface area contributed by atoms with Crippen molar-refractivity contribution < 1.29 is 4.79 Å². The molecule has 1 fully saturated rings. The molecule has 3 rings (SSSR count). The van der Waals surface area contributed by atoms with E-state index < -0.39 is 11.4 Å². The zero-order valence-corrected chi connectivity index (χ0v) is 14.4. The standard InChI is InChI=1S/C17H23N5O3/c1-11(2)12-3-5-13(6-4-12)18-15(23)21-9-7-14(8-10-21)22-16(24)19-20-17(22)25/h3-6,11,14H,7-10H2,1-2H3,(H,18,23)(H,19,24)(H,20,25). The molecule has 134 valence electrons. The SMILES string of the molecule is CC(C)c1ccc(NC(=O)N2CCC(n3c(=O)[nH][nH]c3=O)CC2)cc1. The molecule has 1 aliphatic heterocycles. The number of rotatable bonds is 3. The molecule has 8 nitrogen and oxygen atoms in total. The number of hydrogen-bond acceptors (Lipinski definition) is 3. The predicted molar refractivity (Wildman–Crippen MR) is 95.1 cm³/mol. The summed E-state index contributed by atoms with van der Waals surface area (Å²) in [4.78, 5) is 37.4. The molecule has 0 atom stereocenters. The smallest absolute Gasteiger partial charge is 0.324 e. The Morgan fingerprint density at radius 2 is 1.64 bits per heavy atom. The van der Waals surface area contributed by atoms with E-state index in [2.05, 4.69) is 29.4 Å². The van der Waals surface area contributed by atoms with E-state index in [0.29, 0.717) is 31.8 Å². The number of hydrogen-bond donors (Lipinski definition) is 3. The molecule has 0 spiro atoms. The van der Waals surface area contributed by atoms with Crippen molar-refractivity contribution in [2.75, 3.05) is 18.4 Å². The number of amides is 2. The van der Waals surface area contributed by atoms with Gasteiger partial charge in [0.25, 0.3) is 0 Å². The Morgan fingerprint density at radius 1 is 1.08 bits per heavy atom. The van der Waals surface area contributed by atoms with Crippen molar-refractivity contribution in [3.05, 3.63) is 50.8 Å².